The standard InChI is InChI=1S/C14H12BrCl2FN2/c15-9-2-4-11(12(17)6-9)14(20-19)5-8-1-3-10(16)7-13(8)18/h1-4,6-7,14,20H,5,19H2. The number of hydrazine groups is 1. The van der Waals surface area contributed by atoms with Crippen LogP contribution in [-0.2, 0) is 6.42 Å². The van der Waals surface area contributed by atoms with Crippen molar-refractivity contribution in [1.29, 1.82) is 0 Å². The summed E-state index contributed by atoms with van der Waals surface area (Å²) in [5, 5.41) is 0.932. The third kappa shape index (κ3) is 3.71. The molecular weight excluding hydrogens is 366 g/mol. The second-order valence-corrected chi connectivity index (χ2v) is 6.08. The van der Waals surface area contributed by atoms with Crippen LogP contribution in [0.4, 0.5) is 4.39 Å². The van der Waals surface area contributed by atoms with Crippen LogP contribution in [0.15, 0.2) is 40.9 Å². The summed E-state index contributed by atoms with van der Waals surface area (Å²) in [5.74, 6) is 5.22. The van der Waals surface area contributed by atoms with Crippen molar-refractivity contribution in [2.24, 2.45) is 5.84 Å². The summed E-state index contributed by atoms with van der Waals surface area (Å²) in [6, 6.07) is 9.79. The Morgan fingerprint density at radius 1 is 1.20 bits per heavy atom. The lowest BCUT2D eigenvalue weighted by atomic mass is 9.99. The highest BCUT2D eigenvalue weighted by Crippen LogP contribution is 2.29. The normalized spacial score (nSPS) is 12.4. The molecule has 0 saturated carbocycles. The van der Waals surface area contributed by atoms with Crippen LogP contribution in [0, 0.1) is 5.82 Å². The van der Waals surface area contributed by atoms with E-state index < -0.39 is 0 Å². The minimum absolute atomic E-state index is 0.286. The fourth-order valence-electron chi connectivity index (χ4n) is 1.95. The van der Waals surface area contributed by atoms with Crippen molar-refractivity contribution in [1.82, 2.24) is 5.43 Å². The van der Waals surface area contributed by atoms with Crippen LogP contribution in [0.5, 0.6) is 0 Å². The number of rotatable bonds is 4. The van der Waals surface area contributed by atoms with Gasteiger partial charge in [-0.15, -0.1) is 0 Å². The van der Waals surface area contributed by atoms with Gasteiger partial charge in [-0.25, -0.2) is 4.39 Å². The van der Waals surface area contributed by atoms with Crippen molar-refractivity contribution in [3.05, 3.63) is 67.9 Å². The van der Waals surface area contributed by atoms with E-state index in [0.717, 1.165) is 10.0 Å². The lowest BCUT2D eigenvalue weighted by molar-refractivity contribution is 0.529. The highest BCUT2D eigenvalue weighted by Gasteiger charge is 2.16. The maximum atomic E-state index is 13.8. The molecule has 106 valence electrons. The van der Waals surface area contributed by atoms with E-state index in [0.29, 0.717) is 22.0 Å². The quantitative estimate of drug-likeness (QED) is 0.601. The Hall–Kier alpha value is -0.650. The van der Waals surface area contributed by atoms with Gasteiger partial charge < -0.3 is 0 Å². The first-order chi connectivity index (χ1) is 9.51. The van der Waals surface area contributed by atoms with E-state index in [9.17, 15) is 4.39 Å². The van der Waals surface area contributed by atoms with Crippen LogP contribution in [-0.4, -0.2) is 0 Å². The Morgan fingerprint density at radius 3 is 2.55 bits per heavy atom. The van der Waals surface area contributed by atoms with Crippen LogP contribution in [0.1, 0.15) is 17.2 Å². The zero-order valence-electron chi connectivity index (χ0n) is 10.3. The molecule has 0 radical (unpaired) electrons. The first kappa shape index (κ1) is 15.7. The molecule has 0 aliphatic carbocycles. The first-order valence-corrected chi connectivity index (χ1v) is 7.41. The highest BCUT2D eigenvalue weighted by atomic mass is 79.9. The van der Waals surface area contributed by atoms with Gasteiger partial charge in [-0.2, -0.15) is 0 Å². The Balaban J connectivity index is 2.28. The summed E-state index contributed by atoms with van der Waals surface area (Å²) in [6.45, 7) is 0. The van der Waals surface area contributed by atoms with E-state index in [1.165, 1.54) is 6.07 Å². The molecule has 0 aromatic heterocycles. The Morgan fingerprint density at radius 2 is 1.95 bits per heavy atom. The van der Waals surface area contributed by atoms with Gasteiger partial charge in [0.25, 0.3) is 0 Å². The second kappa shape index (κ2) is 6.87. The number of nitrogens with one attached hydrogen (secondary N) is 1. The molecule has 2 nitrogen and oxygen atoms in total. The summed E-state index contributed by atoms with van der Waals surface area (Å²) < 4.78 is 14.7. The summed E-state index contributed by atoms with van der Waals surface area (Å²) in [7, 11) is 0. The van der Waals surface area contributed by atoms with Gasteiger partial charge in [0.2, 0.25) is 0 Å². The molecule has 0 spiro atoms. The predicted molar refractivity (Wildman–Crippen MR) is 84.3 cm³/mol. The maximum absolute atomic E-state index is 13.8. The number of nitrogens with two attached hydrogens (primary N) is 1. The molecule has 0 fully saturated rings. The molecule has 6 heteroatoms. The van der Waals surface area contributed by atoms with Gasteiger partial charge in [-0.1, -0.05) is 51.3 Å². The molecule has 0 amide bonds. The van der Waals surface area contributed by atoms with Crippen molar-refractivity contribution in [3.63, 3.8) is 0 Å². The van der Waals surface area contributed by atoms with Crippen LogP contribution in [0.25, 0.3) is 0 Å². The van der Waals surface area contributed by atoms with E-state index in [1.807, 2.05) is 12.1 Å². The third-order valence-corrected chi connectivity index (χ3v) is 4.03. The van der Waals surface area contributed by atoms with Crippen LogP contribution in [0.3, 0.4) is 0 Å². The fourth-order valence-corrected chi connectivity index (χ4v) is 2.91. The number of hydrogen-bond acceptors (Lipinski definition) is 2. The molecule has 3 N–H and O–H groups in total. The van der Waals surface area contributed by atoms with E-state index in [-0.39, 0.29) is 11.9 Å². The molecule has 1 atom stereocenters. The molecule has 0 bridgehead atoms. The lowest BCUT2D eigenvalue weighted by Crippen LogP contribution is -2.30. The van der Waals surface area contributed by atoms with Crippen molar-refractivity contribution in [3.8, 4) is 0 Å². The van der Waals surface area contributed by atoms with Crippen LogP contribution in [0.2, 0.25) is 10.0 Å². The summed E-state index contributed by atoms with van der Waals surface area (Å²) in [5.41, 5.74) is 4.01. The van der Waals surface area contributed by atoms with E-state index >= 15 is 0 Å². The summed E-state index contributed by atoms with van der Waals surface area (Å²) in [6.07, 6.45) is 0.376. The van der Waals surface area contributed by atoms with Gasteiger partial charge >= 0.3 is 0 Å². The van der Waals surface area contributed by atoms with Gasteiger partial charge in [0, 0.05) is 14.5 Å². The van der Waals surface area contributed by atoms with Crippen molar-refractivity contribution < 1.29 is 4.39 Å². The molecule has 2 aromatic carbocycles. The monoisotopic (exact) mass is 376 g/mol. The van der Waals surface area contributed by atoms with Gasteiger partial charge in [-0.3, -0.25) is 11.3 Å². The second-order valence-electron chi connectivity index (χ2n) is 4.32. The van der Waals surface area contributed by atoms with Gasteiger partial charge in [0.15, 0.2) is 0 Å². The average Bonchev–Trinajstić information content (AvgIpc) is 2.39. The zero-order chi connectivity index (χ0) is 14.7. The molecule has 1 unspecified atom stereocenters. The summed E-state index contributed by atoms with van der Waals surface area (Å²) >= 11 is 15.3. The molecule has 20 heavy (non-hydrogen) atoms. The Labute approximate surface area is 135 Å². The van der Waals surface area contributed by atoms with Crippen molar-refractivity contribution >= 4 is 39.1 Å². The van der Waals surface area contributed by atoms with Crippen LogP contribution < -0.4 is 11.3 Å². The fraction of sp³-hybridized carbons (Fsp3) is 0.143. The SMILES string of the molecule is NNC(Cc1ccc(Cl)cc1F)c1ccc(Br)cc1Cl. The van der Waals surface area contributed by atoms with Gasteiger partial charge in [0.05, 0.1) is 6.04 Å². The topological polar surface area (TPSA) is 38.0 Å². The molecule has 2 aromatic rings. The molecule has 0 saturated heterocycles. The highest BCUT2D eigenvalue weighted by molar-refractivity contribution is 9.10. The molecule has 2 rings (SSSR count). The average molecular weight is 378 g/mol. The summed E-state index contributed by atoms with van der Waals surface area (Å²) in [4.78, 5) is 0. The Bertz CT molecular complexity index is 622. The smallest absolute Gasteiger partial charge is 0.127 e. The molecule has 0 aliphatic rings. The van der Waals surface area contributed by atoms with Crippen molar-refractivity contribution in [2.45, 2.75) is 12.5 Å². The minimum Gasteiger partial charge on any atom is -0.271 e. The minimum atomic E-state index is -0.356. The van der Waals surface area contributed by atoms with Gasteiger partial charge in [0.1, 0.15) is 5.82 Å². The zero-order valence-corrected chi connectivity index (χ0v) is 13.4. The number of benzene rings is 2. The lowest BCUT2D eigenvalue weighted by Gasteiger charge is -2.18. The largest absolute Gasteiger partial charge is 0.271 e. The first-order valence-electron chi connectivity index (χ1n) is 5.86. The Kier molecular flexibility index (Phi) is 5.41. The van der Waals surface area contributed by atoms with E-state index in [1.54, 1.807) is 18.2 Å². The van der Waals surface area contributed by atoms with Gasteiger partial charge in [-0.05, 0) is 41.8 Å². The van der Waals surface area contributed by atoms with Crippen molar-refractivity contribution in [2.75, 3.05) is 0 Å². The predicted octanol–water partition coefficient (Wildman–Crippen LogP) is 4.64. The van der Waals surface area contributed by atoms with E-state index in [2.05, 4.69) is 21.4 Å². The number of hydrogen-bond donors (Lipinski definition) is 2. The molecule has 0 aliphatic heterocycles. The molecule has 0 heterocycles. The maximum Gasteiger partial charge on any atom is 0.127 e. The third-order valence-electron chi connectivity index (χ3n) is 2.98. The molecular formula is C14H12BrCl2FN2. The number of halogens is 4. The van der Waals surface area contributed by atoms with Crippen LogP contribution >= 0.6 is 39.1 Å². The van der Waals surface area contributed by atoms with E-state index in [4.69, 9.17) is 29.0 Å².